The molecule has 1 fully saturated rings. The van der Waals surface area contributed by atoms with Gasteiger partial charge in [-0.15, -0.1) is 11.3 Å². The molecule has 1 atom stereocenters. The number of pyridine rings is 1. The van der Waals surface area contributed by atoms with Crippen molar-refractivity contribution in [3.05, 3.63) is 58.7 Å². The van der Waals surface area contributed by atoms with Crippen LogP contribution in [0.15, 0.2) is 47.4 Å². The molecule has 4 nitrogen and oxygen atoms in total. The van der Waals surface area contributed by atoms with Gasteiger partial charge in [-0.25, -0.2) is 4.98 Å². The molecule has 2 aromatic heterocycles. The number of hydrogen-bond acceptors (Lipinski definition) is 4. The van der Waals surface area contributed by atoms with Gasteiger partial charge in [0.2, 0.25) is 0 Å². The van der Waals surface area contributed by atoms with Crippen LogP contribution in [-0.4, -0.2) is 33.9 Å². The third-order valence-corrected chi connectivity index (χ3v) is 5.04. The monoisotopic (exact) mass is 323 g/mol. The minimum absolute atomic E-state index is 0.0600. The molecular weight excluding hydrogens is 306 g/mol. The van der Waals surface area contributed by atoms with Gasteiger partial charge in [0.25, 0.3) is 5.91 Å². The highest BCUT2D eigenvalue weighted by molar-refractivity contribution is 7.07. The van der Waals surface area contributed by atoms with Gasteiger partial charge in [-0.2, -0.15) is 0 Å². The van der Waals surface area contributed by atoms with Crippen molar-refractivity contribution < 1.29 is 4.79 Å². The van der Waals surface area contributed by atoms with E-state index in [0.717, 1.165) is 31.4 Å². The number of fused-ring (bicyclic) bond motifs is 1. The van der Waals surface area contributed by atoms with Crippen LogP contribution in [0.25, 0.3) is 10.9 Å². The first-order chi connectivity index (χ1) is 11.3. The number of aromatic nitrogens is 2. The van der Waals surface area contributed by atoms with Crippen molar-refractivity contribution in [3.63, 3.8) is 0 Å². The number of hydrogen-bond donors (Lipinski definition) is 0. The number of benzene rings is 1. The molecule has 116 valence electrons. The van der Waals surface area contributed by atoms with Crippen molar-refractivity contribution in [1.29, 1.82) is 0 Å². The van der Waals surface area contributed by atoms with E-state index in [1.54, 1.807) is 5.51 Å². The van der Waals surface area contributed by atoms with Gasteiger partial charge in [-0.3, -0.25) is 9.78 Å². The second-order valence-electron chi connectivity index (χ2n) is 5.98. The Bertz CT molecular complexity index is 826. The molecule has 0 unspecified atom stereocenters. The standard InChI is InChI=1S/C18H17N3OS/c22-18(16-11-23-12-20-16)21-8-6-13(10-21)9-15-4-1-3-14-5-2-7-19-17(14)15/h1-5,7,11-13H,6,8-10H2/t13-/m1/s1. The molecule has 0 bridgehead atoms. The van der Waals surface area contributed by atoms with Crippen LogP contribution in [0.1, 0.15) is 22.5 Å². The van der Waals surface area contributed by atoms with E-state index in [1.165, 1.54) is 22.3 Å². The van der Waals surface area contributed by atoms with E-state index in [1.807, 2.05) is 22.5 Å². The fourth-order valence-electron chi connectivity index (χ4n) is 3.31. The third-order valence-electron chi connectivity index (χ3n) is 4.45. The number of carbonyl (C=O) groups is 1. The first-order valence-corrected chi connectivity index (χ1v) is 8.75. The van der Waals surface area contributed by atoms with Gasteiger partial charge in [0, 0.05) is 30.1 Å². The van der Waals surface area contributed by atoms with Crippen molar-refractivity contribution in [3.8, 4) is 0 Å². The maximum absolute atomic E-state index is 12.4. The Morgan fingerprint density at radius 2 is 2.17 bits per heavy atom. The Morgan fingerprint density at radius 3 is 3.04 bits per heavy atom. The molecule has 0 radical (unpaired) electrons. The molecule has 1 aromatic carbocycles. The lowest BCUT2D eigenvalue weighted by Crippen LogP contribution is -2.29. The molecule has 1 amide bonds. The highest BCUT2D eigenvalue weighted by atomic mass is 32.1. The molecular formula is C18H17N3OS. The fraction of sp³-hybridized carbons (Fsp3) is 0.278. The molecule has 1 saturated heterocycles. The Morgan fingerprint density at radius 1 is 1.26 bits per heavy atom. The summed E-state index contributed by atoms with van der Waals surface area (Å²) in [6, 6.07) is 10.4. The van der Waals surface area contributed by atoms with Crippen molar-refractivity contribution >= 4 is 28.1 Å². The summed E-state index contributed by atoms with van der Waals surface area (Å²) in [5, 5.41) is 3.00. The number of carbonyl (C=O) groups excluding carboxylic acids is 1. The van der Waals surface area contributed by atoms with E-state index in [-0.39, 0.29) is 5.91 Å². The van der Waals surface area contributed by atoms with Gasteiger partial charge in [-0.05, 0) is 30.4 Å². The summed E-state index contributed by atoms with van der Waals surface area (Å²) < 4.78 is 0. The minimum atomic E-state index is 0.0600. The summed E-state index contributed by atoms with van der Waals surface area (Å²) in [6.07, 6.45) is 3.85. The average molecular weight is 323 g/mol. The average Bonchev–Trinajstić information content (AvgIpc) is 3.27. The zero-order valence-electron chi connectivity index (χ0n) is 12.7. The summed E-state index contributed by atoms with van der Waals surface area (Å²) in [5.74, 6) is 0.551. The van der Waals surface area contributed by atoms with Crippen molar-refractivity contribution in [2.75, 3.05) is 13.1 Å². The molecule has 3 heterocycles. The Kier molecular flexibility index (Phi) is 3.79. The van der Waals surface area contributed by atoms with Crippen LogP contribution in [0.4, 0.5) is 0 Å². The topological polar surface area (TPSA) is 46.1 Å². The van der Waals surface area contributed by atoms with Gasteiger partial charge in [-0.1, -0.05) is 24.3 Å². The number of likely N-dealkylation sites (tertiary alicyclic amines) is 1. The van der Waals surface area contributed by atoms with Crippen molar-refractivity contribution in [2.45, 2.75) is 12.8 Å². The highest BCUT2D eigenvalue weighted by Crippen LogP contribution is 2.25. The SMILES string of the molecule is O=C(c1cscn1)N1CC[C@H](Cc2cccc3cccnc23)C1. The molecule has 5 heteroatoms. The van der Waals surface area contributed by atoms with E-state index in [2.05, 4.69) is 34.2 Å². The van der Waals surface area contributed by atoms with E-state index in [4.69, 9.17) is 0 Å². The van der Waals surface area contributed by atoms with Gasteiger partial charge >= 0.3 is 0 Å². The van der Waals surface area contributed by atoms with Gasteiger partial charge < -0.3 is 4.90 Å². The Balaban J connectivity index is 1.49. The van der Waals surface area contributed by atoms with Crippen LogP contribution in [0.2, 0.25) is 0 Å². The molecule has 0 N–H and O–H groups in total. The number of nitrogens with zero attached hydrogens (tertiary/aromatic N) is 3. The Hall–Kier alpha value is -2.27. The number of amides is 1. The molecule has 23 heavy (non-hydrogen) atoms. The predicted molar refractivity (Wildman–Crippen MR) is 91.6 cm³/mol. The first kappa shape index (κ1) is 14.3. The predicted octanol–water partition coefficient (Wildman–Crippen LogP) is 3.40. The molecule has 4 rings (SSSR count). The maximum Gasteiger partial charge on any atom is 0.273 e. The van der Waals surface area contributed by atoms with E-state index in [9.17, 15) is 4.79 Å². The summed E-state index contributed by atoms with van der Waals surface area (Å²) in [5.41, 5.74) is 4.64. The second-order valence-corrected chi connectivity index (χ2v) is 6.69. The fourth-order valence-corrected chi connectivity index (χ4v) is 3.83. The van der Waals surface area contributed by atoms with Crippen LogP contribution in [-0.2, 0) is 6.42 Å². The lowest BCUT2D eigenvalue weighted by Gasteiger charge is -2.15. The van der Waals surface area contributed by atoms with Crippen LogP contribution < -0.4 is 0 Å². The lowest BCUT2D eigenvalue weighted by atomic mass is 9.97. The first-order valence-electron chi connectivity index (χ1n) is 7.81. The zero-order chi connectivity index (χ0) is 15.6. The second kappa shape index (κ2) is 6.08. The minimum Gasteiger partial charge on any atom is -0.337 e. The van der Waals surface area contributed by atoms with Crippen LogP contribution in [0.5, 0.6) is 0 Å². The number of thiazole rings is 1. The smallest absolute Gasteiger partial charge is 0.273 e. The summed E-state index contributed by atoms with van der Waals surface area (Å²) >= 11 is 1.46. The third kappa shape index (κ3) is 2.84. The largest absolute Gasteiger partial charge is 0.337 e. The maximum atomic E-state index is 12.4. The summed E-state index contributed by atoms with van der Waals surface area (Å²) in [4.78, 5) is 23.0. The van der Waals surface area contributed by atoms with Crippen LogP contribution in [0.3, 0.4) is 0 Å². The van der Waals surface area contributed by atoms with Gasteiger partial charge in [0.05, 0.1) is 11.0 Å². The zero-order valence-corrected chi connectivity index (χ0v) is 13.5. The molecule has 0 aliphatic carbocycles. The lowest BCUT2D eigenvalue weighted by molar-refractivity contribution is 0.0782. The van der Waals surface area contributed by atoms with Gasteiger partial charge in [0.1, 0.15) is 5.69 Å². The summed E-state index contributed by atoms with van der Waals surface area (Å²) in [6.45, 7) is 1.62. The van der Waals surface area contributed by atoms with Gasteiger partial charge in [0.15, 0.2) is 0 Å². The number of rotatable bonds is 3. The van der Waals surface area contributed by atoms with Crippen LogP contribution in [0, 0.1) is 5.92 Å². The van der Waals surface area contributed by atoms with Crippen molar-refractivity contribution in [1.82, 2.24) is 14.9 Å². The molecule has 1 aliphatic rings. The molecule has 3 aromatic rings. The molecule has 0 saturated carbocycles. The van der Waals surface area contributed by atoms with Crippen molar-refractivity contribution in [2.24, 2.45) is 5.92 Å². The van der Waals surface area contributed by atoms with E-state index < -0.39 is 0 Å². The quantitative estimate of drug-likeness (QED) is 0.742. The number of para-hydroxylation sites is 1. The molecule has 1 aliphatic heterocycles. The van der Waals surface area contributed by atoms with E-state index >= 15 is 0 Å². The normalized spacial score (nSPS) is 17.7. The summed E-state index contributed by atoms with van der Waals surface area (Å²) in [7, 11) is 0. The Labute approximate surface area is 138 Å². The highest BCUT2D eigenvalue weighted by Gasteiger charge is 2.28. The van der Waals surface area contributed by atoms with Crippen LogP contribution >= 0.6 is 11.3 Å². The van der Waals surface area contributed by atoms with E-state index in [0.29, 0.717) is 11.6 Å². The molecule has 0 spiro atoms.